The maximum absolute atomic E-state index is 14.1. The minimum atomic E-state index is -1.04. The molecule has 24 heavy (non-hydrogen) atoms. The monoisotopic (exact) mass is 337 g/mol. The summed E-state index contributed by atoms with van der Waals surface area (Å²) in [6, 6.07) is 1.56. The highest BCUT2D eigenvalue weighted by Gasteiger charge is 2.35. The van der Waals surface area contributed by atoms with Crippen LogP contribution in [0.5, 0.6) is 5.88 Å². The first-order valence-corrected chi connectivity index (χ1v) is 8.38. The highest BCUT2D eigenvalue weighted by Crippen LogP contribution is 2.22. The smallest absolute Gasteiger partial charge is 0.229 e. The van der Waals surface area contributed by atoms with Gasteiger partial charge in [-0.05, 0) is 52.8 Å². The molecule has 1 aliphatic rings. The standard InChI is InChI=1S/C18H28FN3O2/c1-12-8-13(2)16(20-9-12)24-11-18(3,4)17(23)21-15-6-7-22(5)10-14(15)19/h8-9,14-15H,6-7,10-11H2,1-5H3,(H,21,23)/t14-,15-/m0/s1. The van der Waals surface area contributed by atoms with E-state index in [0.29, 0.717) is 18.8 Å². The van der Waals surface area contributed by atoms with Gasteiger partial charge in [-0.25, -0.2) is 9.37 Å². The maximum atomic E-state index is 14.1. The molecule has 1 aromatic heterocycles. The van der Waals surface area contributed by atoms with Crippen LogP contribution in [0.25, 0.3) is 0 Å². The topological polar surface area (TPSA) is 54.5 Å². The van der Waals surface area contributed by atoms with Crippen LogP contribution in [0, 0.1) is 19.3 Å². The molecule has 2 rings (SSSR count). The van der Waals surface area contributed by atoms with Gasteiger partial charge in [0.15, 0.2) is 0 Å². The predicted molar refractivity (Wildman–Crippen MR) is 91.9 cm³/mol. The van der Waals surface area contributed by atoms with Gasteiger partial charge in [-0.1, -0.05) is 0 Å². The molecule has 1 aliphatic heterocycles. The average molecular weight is 337 g/mol. The molecule has 1 saturated heterocycles. The summed E-state index contributed by atoms with van der Waals surface area (Å²) >= 11 is 0. The zero-order valence-corrected chi connectivity index (χ0v) is 15.2. The van der Waals surface area contributed by atoms with Crippen molar-refractivity contribution in [1.82, 2.24) is 15.2 Å². The van der Waals surface area contributed by atoms with Crippen molar-refractivity contribution in [1.29, 1.82) is 0 Å². The van der Waals surface area contributed by atoms with E-state index in [0.717, 1.165) is 17.7 Å². The highest BCUT2D eigenvalue weighted by atomic mass is 19.1. The van der Waals surface area contributed by atoms with Crippen LogP contribution >= 0.6 is 0 Å². The largest absolute Gasteiger partial charge is 0.476 e. The molecule has 0 aromatic carbocycles. The van der Waals surface area contributed by atoms with Gasteiger partial charge in [0.25, 0.3) is 0 Å². The molecule has 0 saturated carbocycles. The fourth-order valence-electron chi connectivity index (χ4n) is 2.75. The van der Waals surface area contributed by atoms with Crippen LogP contribution in [0.15, 0.2) is 12.3 Å². The Bertz CT molecular complexity index is 592. The second-order valence-corrected chi connectivity index (χ2v) is 7.45. The molecule has 0 radical (unpaired) electrons. The number of carbonyl (C=O) groups excluding carboxylic acids is 1. The Morgan fingerprint density at radius 3 is 2.83 bits per heavy atom. The number of aryl methyl sites for hydroxylation is 2. The van der Waals surface area contributed by atoms with E-state index in [4.69, 9.17) is 4.74 Å². The summed E-state index contributed by atoms with van der Waals surface area (Å²) in [7, 11) is 1.89. The Morgan fingerprint density at radius 2 is 2.21 bits per heavy atom. The minimum absolute atomic E-state index is 0.190. The van der Waals surface area contributed by atoms with E-state index >= 15 is 0 Å². The lowest BCUT2D eigenvalue weighted by atomic mass is 9.92. The van der Waals surface area contributed by atoms with Crippen LogP contribution in [-0.2, 0) is 4.79 Å². The molecule has 134 valence electrons. The molecule has 0 bridgehead atoms. The normalized spacial score (nSPS) is 22.2. The van der Waals surface area contributed by atoms with E-state index in [1.54, 1.807) is 20.0 Å². The number of nitrogens with zero attached hydrogens (tertiary/aromatic N) is 2. The van der Waals surface area contributed by atoms with Gasteiger partial charge in [0.05, 0.1) is 11.5 Å². The summed E-state index contributed by atoms with van der Waals surface area (Å²) < 4.78 is 19.8. The number of ether oxygens (including phenoxy) is 1. The number of halogens is 1. The van der Waals surface area contributed by atoms with Crippen molar-refractivity contribution in [2.75, 3.05) is 26.7 Å². The lowest BCUT2D eigenvalue weighted by Crippen LogP contribution is -2.54. The molecular weight excluding hydrogens is 309 g/mol. The second kappa shape index (κ2) is 7.47. The van der Waals surface area contributed by atoms with Crippen LogP contribution in [0.1, 0.15) is 31.4 Å². The van der Waals surface area contributed by atoms with Crippen LogP contribution in [0.3, 0.4) is 0 Å². The molecular formula is C18H28FN3O2. The summed E-state index contributed by atoms with van der Waals surface area (Å²) in [5.74, 6) is 0.341. The number of likely N-dealkylation sites (tertiary alicyclic amines) is 1. The fraction of sp³-hybridized carbons (Fsp3) is 0.667. The van der Waals surface area contributed by atoms with Gasteiger partial charge >= 0.3 is 0 Å². The third-order valence-corrected chi connectivity index (χ3v) is 4.41. The van der Waals surface area contributed by atoms with Gasteiger partial charge in [-0.15, -0.1) is 0 Å². The van der Waals surface area contributed by atoms with Crippen molar-refractivity contribution in [3.8, 4) is 5.88 Å². The van der Waals surface area contributed by atoms with Crippen LogP contribution in [0.4, 0.5) is 4.39 Å². The number of carbonyl (C=O) groups is 1. The number of nitrogens with one attached hydrogen (secondary N) is 1. The first kappa shape index (κ1) is 18.6. The molecule has 6 heteroatoms. The third kappa shape index (κ3) is 4.66. The molecule has 0 unspecified atom stereocenters. The number of hydrogen-bond acceptors (Lipinski definition) is 4. The molecule has 0 spiro atoms. The Kier molecular flexibility index (Phi) is 5.80. The highest BCUT2D eigenvalue weighted by molar-refractivity contribution is 5.82. The van der Waals surface area contributed by atoms with Crippen molar-refractivity contribution >= 4 is 5.91 Å². The number of hydrogen-bond donors (Lipinski definition) is 1. The quantitative estimate of drug-likeness (QED) is 0.895. The first-order valence-electron chi connectivity index (χ1n) is 8.38. The lowest BCUT2D eigenvalue weighted by molar-refractivity contribution is -0.132. The van der Waals surface area contributed by atoms with Crippen molar-refractivity contribution in [2.45, 2.75) is 46.3 Å². The summed E-state index contributed by atoms with van der Waals surface area (Å²) in [5, 5.41) is 2.85. The van der Waals surface area contributed by atoms with E-state index in [-0.39, 0.29) is 12.5 Å². The van der Waals surface area contributed by atoms with Gasteiger partial charge in [-0.3, -0.25) is 4.79 Å². The van der Waals surface area contributed by atoms with Crippen LogP contribution in [-0.4, -0.2) is 54.7 Å². The van der Waals surface area contributed by atoms with Gasteiger partial charge < -0.3 is 15.0 Å². The molecule has 5 nitrogen and oxygen atoms in total. The molecule has 1 fully saturated rings. The van der Waals surface area contributed by atoms with Gasteiger partial charge in [0, 0.05) is 24.8 Å². The third-order valence-electron chi connectivity index (χ3n) is 4.41. The Labute approximate surface area is 143 Å². The Morgan fingerprint density at radius 1 is 1.50 bits per heavy atom. The molecule has 0 aliphatic carbocycles. The number of alkyl halides is 1. The number of pyridine rings is 1. The van der Waals surface area contributed by atoms with E-state index in [1.165, 1.54) is 0 Å². The van der Waals surface area contributed by atoms with E-state index in [9.17, 15) is 9.18 Å². The molecule has 1 amide bonds. The van der Waals surface area contributed by atoms with Crippen molar-refractivity contribution in [3.05, 3.63) is 23.4 Å². The van der Waals surface area contributed by atoms with E-state index < -0.39 is 17.6 Å². The van der Waals surface area contributed by atoms with Crippen molar-refractivity contribution in [2.24, 2.45) is 5.41 Å². The number of aromatic nitrogens is 1. The van der Waals surface area contributed by atoms with Gasteiger partial charge in [0.2, 0.25) is 11.8 Å². The second-order valence-electron chi connectivity index (χ2n) is 7.45. The maximum Gasteiger partial charge on any atom is 0.229 e. The van der Waals surface area contributed by atoms with Gasteiger partial charge in [-0.2, -0.15) is 0 Å². The molecule has 2 atom stereocenters. The lowest BCUT2D eigenvalue weighted by Gasteiger charge is -2.34. The van der Waals surface area contributed by atoms with E-state index in [2.05, 4.69) is 10.3 Å². The Balaban J connectivity index is 1.92. The minimum Gasteiger partial charge on any atom is -0.476 e. The summed E-state index contributed by atoms with van der Waals surface area (Å²) in [6.07, 6.45) is 1.33. The van der Waals surface area contributed by atoms with Crippen LogP contribution in [0.2, 0.25) is 0 Å². The van der Waals surface area contributed by atoms with E-state index in [1.807, 2.05) is 31.9 Å². The van der Waals surface area contributed by atoms with Crippen molar-refractivity contribution < 1.29 is 13.9 Å². The molecule has 2 heterocycles. The number of rotatable bonds is 5. The summed E-state index contributed by atoms with van der Waals surface area (Å²) in [4.78, 5) is 18.7. The zero-order chi connectivity index (χ0) is 17.9. The Hall–Kier alpha value is -1.69. The number of amides is 1. The summed E-state index contributed by atoms with van der Waals surface area (Å²) in [5.41, 5.74) is 1.24. The molecule has 1 aromatic rings. The summed E-state index contributed by atoms with van der Waals surface area (Å²) in [6.45, 7) is 8.83. The van der Waals surface area contributed by atoms with Gasteiger partial charge in [0.1, 0.15) is 12.8 Å². The average Bonchev–Trinajstić information content (AvgIpc) is 2.49. The predicted octanol–water partition coefficient (Wildman–Crippen LogP) is 2.26. The first-order chi connectivity index (χ1) is 11.2. The zero-order valence-electron chi connectivity index (χ0n) is 15.2. The number of piperidine rings is 1. The SMILES string of the molecule is Cc1cnc(OCC(C)(C)C(=O)N[C@H]2CCN(C)C[C@@H]2F)c(C)c1. The fourth-order valence-corrected chi connectivity index (χ4v) is 2.75. The molecule has 1 N–H and O–H groups in total. The van der Waals surface area contributed by atoms with Crippen molar-refractivity contribution in [3.63, 3.8) is 0 Å². The van der Waals surface area contributed by atoms with Crippen LogP contribution < -0.4 is 10.1 Å².